The third kappa shape index (κ3) is 3.46. The van der Waals surface area contributed by atoms with Crippen LogP contribution in [0.15, 0.2) is 40.3 Å². The number of nitrogens with one attached hydrogen (secondary N) is 1. The molecule has 0 atom stereocenters. The minimum absolute atomic E-state index is 0.240. The number of H-pyrrole nitrogens is 1. The molecule has 0 radical (unpaired) electrons. The molecule has 0 saturated carbocycles. The van der Waals surface area contributed by atoms with Crippen LogP contribution >= 0.6 is 0 Å². The number of rotatable bonds is 4. The van der Waals surface area contributed by atoms with Crippen molar-refractivity contribution in [3.8, 4) is 23.4 Å². The molecule has 0 amide bonds. The molecule has 0 spiro atoms. The Balaban J connectivity index is 1.78. The highest BCUT2D eigenvalue weighted by molar-refractivity contribution is 5.81. The number of hydrogen-bond acceptors (Lipinski definition) is 7. The number of aromatic amines is 1. The SMILES string of the molecule is Cc1cc(-n2nc(C#N)c(=O)[nH]c2=O)cc(C)c1Oc1ncnc2c1ccn2C(C)C. The summed E-state index contributed by atoms with van der Waals surface area (Å²) < 4.78 is 9.17. The third-order valence-corrected chi connectivity index (χ3v) is 4.85. The smallest absolute Gasteiger partial charge is 0.349 e. The van der Waals surface area contributed by atoms with Gasteiger partial charge in [-0.05, 0) is 57.0 Å². The number of ether oxygens (including phenoxy) is 1. The number of fused-ring (bicyclic) bond motifs is 1. The fourth-order valence-electron chi connectivity index (χ4n) is 3.40. The molecule has 0 aliphatic carbocycles. The molecule has 0 bridgehead atoms. The van der Waals surface area contributed by atoms with Crippen molar-refractivity contribution >= 4 is 11.0 Å². The zero-order valence-corrected chi connectivity index (χ0v) is 17.4. The van der Waals surface area contributed by atoms with Crippen molar-refractivity contribution in [3.05, 3.63) is 68.4 Å². The molecule has 0 fully saturated rings. The first-order valence-corrected chi connectivity index (χ1v) is 9.55. The Morgan fingerprint density at radius 2 is 1.87 bits per heavy atom. The zero-order valence-electron chi connectivity index (χ0n) is 17.4. The summed E-state index contributed by atoms with van der Waals surface area (Å²) in [5.41, 5.74) is 0.682. The Kier molecular flexibility index (Phi) is 4.87. The van der Waals surface area contributed by atoms with Gasteiger partial charge < -0.3 is 9.30 Å². The average Bonchev–Trinajstić information content (AvgIpc) is 3.16. The van der Waals surface area contributed by atoms with Crippen molar-refractivity contribution in [2.24, 2.45) is 0 Å². The van der Waals surface area contributed by atoms with Crippen molar-refractivity contribution in [2.75, 3.05) is 0 Å². The lowest BCUT2D eigenvalue weighted by atomic mass is 10.1. The zero-order chi connectivity index (χ0) is 22.3. The summed E-state index contributed by atoms with van der Waals surface area (Å²) in [7, 11) is 0. The highest BCUT2D eigenvalue weighted by Crippen LogP contribution is 2.33. The summed E-state index contributed by atoms with van der Waals surface area (Å²) in [5.74, 6) is 1.01. The van der Waals surface area contributed by atoms with Crippen LogP contribution in [0.3, 0.4) is 0 Å². The molecule has 10 nitrogen and oxygen atoms in total. The molecular formula is C21H19N7O3. The quantitative estimate of drug-likeness (QED) is 0.540. The summed E-state index contributed by atoms with van der Waals surface area (Å²) in [6, 6.07) is 7.21. The molecular weight excluding hydrogens is 398 g/mol. The van der Waals surface area contributed by atoms with Gasteiger partial charge in [0.05, 0.1) is 11.1 Å². The fraction of sp³-hybridized carbons (Fsp3) is 0.238. The summed E-state index contributed by atoms with van der Waals surface area (Å²) in [6.07, 6.45) is 3.41. The molecule has 156 valence electrons. The van der Waals surface area contributed by atoms with E-state index in [4.69, 9.17) is 10.00 Å². The minimum Gasteiger partial charge on any atom is -0.438 e. The van der Waals surface area contributed by atoms with Crippen LogP contribution in [0.4, 0.5) is 0 Å². The number of aromatic nitrogens is 6. The predicted molar refractivity (Wildman–Crippen MR) is 113 cm³/mol. The average molecular weight is 417 g/mol. The van der Waals surface area contributed by atoms with Gasteiger partial charge in [0.25, 0.3) is 5.56 Å². The summed E-state index contributed by atoms with van der Waals surface area (Å²) >= 11 is 0. The normalized spacial score (nSPS) is 11.1. The topological polar surface area (TPSA) is 131 Å². The lowest BCUT2D eigenvalue weighted by Crippen LogP contribution is -2.33. The molecule has 0 saturated heterocycles. The van der Waals surface area contributed by atoms with Crippen LogP contribution < -0.4 is 16.0 Å². The van der Waals surface area contributed by atoms with E-state index in [-0.39, 0.29) is 6.04 Å². The van der Waals surface area contributed by atoms with Gasteiger partial charge in [-0.3, -0.25) is 9.78 Å². The molecule has 3 aromatic heterocycles. The first-order valence-electron chi connectivity index (χ1n) is 9.55. The maximum absolute atomic E-state index is 12.2. The van der Waals surface area contributed by atoms with Crippen molar-refractivity contribution in [1.29, 1.82) is 5.26 Å². The highest BCUT2D eigenvalue weighted by atomic mass is 16.5. The first-order chi connectivity index (χ1) is 14.8. The van der Waals surface area contributed by atoms with Gasteiger partial charge in [-0.1, -0.05) is 0 Å². The number of hydrogen-bond donors (Lipinski definition) is 1. The molecule has 4 rings (SSSR count). The lowest BCUT2D eigenvalue weighted by Gasteiger charge is -2.14. The Bertz CT molecular complexity index is 1450. The molecule has 4 aromatic rings. The number of aryl methyl sites for hydroxylation is 2. The number of benzene rings is 1. The molecule has 0 aliphatic heterocycles. The van der Waals surface area contributed by atoms with Crippen molar-refractivity contribution in [1.82, 2.24) is 29.3 Å². The van der Waals surface area contributed by atoms with E-state index < -0.39 is 16.9 Å². The first kappa shape index (κ1) is 20.0. The van der Waals surface area contributed by atoms with Gasteiger partial charge in [0, 0.05) is 12.2 Å². The van der Waals surface area contributed by atoms with Gasteiger partial charge in [0.15, 0.2) is 0 Å². The molecule has 0 unspecified atom stereocenters. The van der Waals surface area contributed by atoms with E-state index in [1.807, 2.05) is 30.7 Å². The molecule has 3 heterocycles. The molecule has 0 aliphatic rings. The van der Waals surface area contributed by atoms with Crippen LogP contribution in [-0.2, 0) is 0 Å². The minimum atomic E-state index is -0.821. The number of nitrogens with zero attached hydrogens (tertiary/aromatic N) is 6. The molecule has 1 aromatic carbocycles. The van der Waals surface area contributed by atoms with Crippen LogP contribution in [0, 0.1) is 25.2 Å². The van der Waals surface area contributed by atoms with Crippen LogP contribution in [0.2, 0.25) is 0 Å². The van der Waals surface area contributed by atoms with Gasteiger partial charge in [-0.2, -0.15) is 9.94 Å². The van der Waals surface area contributed by atoms with Crippen molar-refractivity contribution in [2.45, 2.75) is 33.7 Å². The summed E-state index contributed by atoms with van der Waals surface area (Å²) in [6.45, 7) is 7.79. The van der Waals surface area contributed by atoms with Gasteiger partial charge in [-0.15, -0.1) is 5.10 Å². The summed E-state index contributed by atoms with van der Waals surface area (Å²) in [5, 5.41) is 13.7. The maximum atomic E-state index is 12.2. The van der Waals surface area contributed by atoms with Gasteiger partial charge in [0.1, 0.15) is 23.8 Å². The second-order valence-electron chi connectivity index (χ2n) is 7.38. The Hall–Kier alpha value is -4.26. The largest absolute Gasteiger partial charge is 0.438 e. The molecule has 1 N–H and O–H groups in total. The van der Waals surface area contributed by atoms with Gasteiger partial charge in [-0.25, -0.2) is 14.8 Å². The van der Waals surface area contributed by atoms with E-state index in [1.165, 1.54) is 6.33 Å². The van der Waals surface area contributed by atoms with E-state index >= 15 is 0 Å². The van der Waals surface area contributed by atoms with Crippen LogP contribution in [0.1, 0.15) is 36.7 Å². The second-order valence-corrected chi connectivity index (χ2v) is 7.38. The predicted octanol–water partition coefficient (Wildman–Crippen LogP) is 2.53. The van der Waals surface area contributed by atoms with Gasteiger partial charge >= 0.3 is 5.69 Å². The lowest BCUT2D eigenvalue weighted by molar-refractivity contribution is 0.460. The van der Waals surface area contributed by atoms with Crippen molar-refractivity contribution in [3.63, 3.8) is 0 Å². The standard InChI is InChI=1S/C21H19N7O3/c1-11(2)27-6-5-15-18(27)23-10-24-20(15)31-17-12(3)7-14(8-13(17)4)28-21(30)25-19(29)16(9-22)26-28/h5-8,10-11H,1-4H3,(H,25,29,30). The van der Waals surface area contributed by atoms with E-state index in [0.717, 1.165) is 26.8 Å². The monoisotopic (exact) mass is 417 g/mol. The van der Waals surface area contributed by atoms with Gasteiger partial charge in [0.2, 0.25) is 11.6 Å². The van der Waals surface area contributed by atoms with E-state index in [1.54, 1.807) is 18.2 Å². The Morgan fingerprint density at radius 3 is 2.52 bits per heavy atom. The van der Waals surface area contributed by atoms with E-state index in [0.29, 0.717) is 17.3 Å². The third-order valence-electron chi connectivity index (χ3n) is 4.85. The fourth-order valence-corrected chi connectivity index (χ4v) is 3.40. The second kappa shape index (κ2) is 7.53. The molecule has 31 heavy (non-hydrogen) atoms. The highest BCUT2D eigenvalue weighted by Gasteiger charge is 2.16. The molecule has 10 heteroatoms. The Labute approximate surface area is 176 Å². The summed E-state index contributed by atoms with van der Waals surface area (Å²) in [4.78, 5) is 34.6. The van der Waals surface area contributed by atoms with Crippen molar-refractivity contribution < 1.29 is 4.74 Å². The Morgan fingerprint density at radius 1 is 1.16 bits per heavy atom. The maximum Gasteiger partial charge on any atom is 0.349 e. The number of nitriles is 1. The van der Waals surface area contributed by atoms with Crippen LogP contribution in [0.5, 0.6) is 11.6 Å². The van der Waals surface area contributed by atoms with E-state index in [9.17, 15) is 9.59 Å². The van der Waals surface area contributed by atoms with Crippen LogP contribution in [0.25, 0.3) is 16.7 Å². The van der Waals surface area contributed by atoms with E-state index in [2.05, 4.69) is 33.9 Å². The van der Waals surface area contributed by atoms with Crippen LogP contribution in [-0.4, -0.2) is 29.3 Å².